The van der Waals surface area contributed by atoms with Crippen LogP contribution in [0.5, 0.6) is 5.75 Å². The number of carbonyl (C=O) groups is 1. The minimum atomic E-state index is -0.345. The fraction of sp³-hybridized carbons (Fsp3) is 0.368. The number of H-pyrrole nitrogens is 1. The quantitative estimate of drug-likeness (QED) is 0.699. The number of fused-ring (bicyclic) bond motifs is 1. The first-order valence-electron chi connectivity index (χ1n) is 9.33. The SMILES string of the molecule is COc1cc(N2CCOC2=O)ccc1Nc1nc(C2CCC2)nc2cn[nH]c12. The van der Waals surface area contributed by atoms with Gasteiger partial charge in [0.05, 0.1) is 31.2 Å². The molecular formula is C19H20N6O3. The molecule has 28 heavy (non-hydrogen) atoms. The molecule has 2 fully saturated rings. The molecule has 0 radical (unpaired) electrons. The van der Waals surface area contributed by atoms with Gasteiger partial charge >= 0.3 is 6.09 Å². The Balaban J connectivity index is 1.50. The molecule has 3 heterocycles. The van der Waals surface area contributed by atoms with Crippen LogP contribution in [0.4, 0.5) is 22.0 Å². The smallest absolute Gasteiger partial charge is 0.414 e. The zero-order valence-electron chi connectivity index (χ0n) is 15.4. The zero-order valence-corrected chi connectivity index (χ0v) is 15.4. The van der Waals surface area contributed by atoms with Crippen LogP contribution in [0.3, 0.4) is 0 Å². The van der Waals surface area contributed by atoms with E-state index < -0.39 is 0 Å². The number of hydrogen-bond acceptors (Lipinski definition) is 7. The van der Waals surface area contributed by atoms with Gasteiger partial charge in [0.2, 0.25) is 0 Å². The van der Waals surface area contributed by atoms with Gasteiger partial charge in [-0.15, -0.1) is 0 Å². The molecule has 9 nitrogen and oxygen atoms in total. The van der Waals surface area contributed by atoms with Gasteiger partial charge in [-0.2, -0.15) is 5.10 Å². The summed E-state index contributed by atoms with van der Waals surface area (Å²) in [5.74, 6) is 2.52. The van der Waals surface area contributed by atoms with Crippen LogP contribution in [0, 0.1) is 0 Å². The van der Waals surface area contributed by atoms with E-state index in [1.165, 1.54) is 6.42 Å². The van der Waals surface area contributed by atoms with E-state index in [4.69, 9.17) is 14.5 Å². The molecule has 2 N–H and O–H groups in total. The molecule has 0 spiro atoms. The third kappa shape index (κ3) is 2.79. The van der Waals surface area contributed by atoms with Crippen molar-refractivity contribution in [1.82, 2.24) is 20.2 Å². The summed E-state index contributed by atoms with van der Waals surface area (Å²) in [7, 11) is 1.60. The van der Waals surface area contributed by atoms with Crippen LogP contribution in [0.1, 0.15) is 31.0 Å². The van der Waals surface area contributed by atoms with Gasteiger partial charge in [0.15, 0.2) is 5.82 Å². The van der Waals surface area contributed by atoms with Crippen LogP contribution >= 0.6 is 0 Å². The standard InChI is InChI=1S/C19H20N6O3/c1-27-15-9-12(25-7-8-28-19(25)26)5-6-13(15)21-18-16-14(10-20-24-16)22-17(23-18)11-3-2-4-11/h5-6,9-11H,2-4,7-8H2,1H3,(H,20,24)(H,21,22,23). The Morgan fingerprint density at radius 1 is 1.32 bits per heavy atom. The van der Waals surface area contributed by atoms with Crippen LogP contribution in [0.2, 0.25) is 0 Å². The van der Waals surface area contributed by atoms with Crippen molar-refractivity contribution in [2.75, 3.05) is 30.5 Å². The zero-order chi connectivity index (χ0) is 19.1. The lowest BCUT2D eigenvalue weighted by Crippen LogP contribution is -2.23. The molecule has 3 aromatic rings. The third-order valence-electron chi connectivity index (χ3n) is 5.30. The molecule has 1 aliphatic heterocycles. The van der Waals surface area contributed by atoms with Gasteiger partial charge in [0.25, 0.3) is 0 Å². The van der Waals surface area contributed by atoms with E-state index in [1.807, 2.05) is 18.2 Å². The molecule has 1 amide bonds. The molecule has 1 saturated carbocycles. The van der Waals surface area contributed by atoms with Crippen molar-refractivity contribution in [2.45, 2.75) is 25.2 Å². The fourth-order valence-electron chi connectivity index (χ4n) is 3.50. The van der Waals surface area contributed by atoms with Crippen LogP contribution in [-0.2, 0) is 4.74 Å². The van der Waals surface area contributed by atoms with E-state index in [0.717, 1.165) is 41.1 Å². The number of amides is 1. The highest BCUT2D eigenvalue weighted by Crippen LogP contribution is 2.37. The van der Waals surface area contributed by atoms with Crippen molar-refractivity contribution in [1.29, 1.82) is 0 Å². The molecule has 1 saturated heterocycles. The van der Waals surface area contributed by atoms with Gasteiger partial charge < -0.3 is 14.8 Å². The largest absolute Gasteiger partial charge is 0.494 e. The number of aromatic nitrogens is 4. The van der Waals surface area contributed by atoms with Crippen molar-refractivity contribution in [3.05, 3.63) is 30.2 Å². The number of nitrogens with one attached hydrogen (secondary N) is 2. The van der Waals surface area contributed by atoms with E-state index in [9.17, 15) is 4.79 Å². The number of nitrogens with zero attached hydrogens (tertiary/aromatic N) is 4. The molecule has 1 aliphatic carbocycles. The van der Waals surface area contributed by atoms with Crippen molar-refractivity contribution in [2.24, 2.45) is 0 Å². The second kappa shape index (κ2) is 6.66. The van der Waals surface area contributed by atoms with Crippen LogP contribution in [0.15, 0.2) is 24.4 Å². The van der Waals surface area contributed by atoms with Gasteiger partial charge in [-0.25, -0.2) is 14.8 Å². The van der Waals surface area contributed by atoms with Crippen molar-refractivity contribution < 1.29 is 14.3 Å². The molecule has 9 heteroatoms. The van der Waals surface area contributed by atoms with Crippen molar-refractivity contribution in [3.8, 4) is 5.75 Å². The van der Waals surface area contributed by atoms with Crippen molar-refractivity contribution in [3.63, 3.8) is 0 Å². The van der Waals surface area contributed by atoms with Crippen LogP contribution < -0.4 is 15.0 Å². The average Bonchev–Trinajstić information content (AvgIpc) is 3.29. The number of hydrogen-bond donors (Lipinski definition) is 2. The predicted molar refractivity (Wildman–Crippen MR) is 103 cm³/mol. The Hall–Kier alpha value is -3.36. The van der Waals surface area contributed by atoms with E-state index in [0.29, 0.717) is 30.6 Å². The topological polar surface area (TPSA) is 105 Å². The maximum Gasteiger partial charge on any atom is 0.414 e. The van der Waals surface area contributed by atoms with Crippen LogP contribution in [-0.4, -0.2) is 46.5 Å². The summed E-state index contributed by atoms with van der Waals surface area (Å²) in [6.45, 7) is 0.921. The summed E-state index contributed by atoms with van der Waals surface area (Å²) in [4.78, 5) is 22.8. The number of rotatable bonds is 5. The van der Waals surface area contributed by atoms with Crippen LogP contribution in [0.25, 0.3) is 11.0 Å². The predicted octanol–water partition coefficient (Wildman–Crippen LogP) is 3.33. The highest BCUT2D eigenvalue weighted by atomic mass is 16.6. The molecule has 0 bridgehead atoms. The molecular weight excluding hydrogens is 360 g/mol. The average molecular weight is 380 g/mol. The lowest BCUT2D eigenvalue weighted by Gasteiger charge is -2.24. The van der Waals surface area contributed by atoms with Gasteiger partial charge in [0.1, 0.15) is 29.2 Å². The minimum Gasteiger partial charge on any atom is -0.494 e. The Kier molecular flexibility index (Phi) is 4.00. The first-order chi connectivity index (χ1) is 13.7. The van der Waals surface area contributed by atoms with E-state index >= 15 is 0 Å². The first-order valence-corrected chi connectivity index (χ1v) is 9.33. The molecule has 0 atom stereocenters. The molecule has 0 unspecified atom stereocenters. The number of ether oxygens (including phenoxy) is 2. The summed E-state index contributed by atoms with van der Waals surface area (Å²) in [5.41, 5.74) is 3.01. The maximum atomic E-state index is 11.8. The lowest BCUT2D eigenvalue weighted by atomic mass is 9.85. The highest BCUT2D eigenvalue weighted by molar-refractivity contribution is 5.91. The second-order valence-electron chi connectivity index (χ2n) is 6.96. The highest BCUT2D eigenvalue weighted by Gasteiger charge is 2.26. The van der Waals surface area contributed by atoms with E-state index in [-0.39, 0.29) is 6.09 Å². The molecule has 144 valence electrons. The monoisotopic (exact) mass is 380 g/mol. The second-order valence-corrected chi connectivity index (χ2v) is 6.96. The summed E-state index contributed by atoms with van der Waals surface area (Å²) >= 11 is 0. The number of carbonyl (C=O) groups excluding carboxylic acids is 1. The molecule has 2 aromatic heterocycles. The van der Waals surface area contributed by atoms with E-state index in [2.05, 4.69) is 20.5 Å². The Morgan fingerprint density at radius 2 is 2.21 bits per heavy atom. The van der Waals surface area contributed by atoms with Gasteiger partial charge in [0, 0.05) is 12.0 Å². The summed E-state index contributed by atoms with van der Waals surface area (Å²) in [5, 5.41) is 10.4. The van der Waals surface area contributed by atoms with E-state index in [1.54, 1.807) is 18.2 Å². The third-order valence-corrected chi connectivity index (χ3v) is 5.30. The van der Waals surface area contributed by atoms with Gasteiger partial charge in [-0.05, 0) is 25.0 Å². The summed E-state index contributed by atoms with van der Waals surface area (Å²) in [6, 6.07) is 5.54. The fourth-order valence-corrected chi connectivity index (χ4v) is 3.50. The molecule has 5 rings (SSSR count). The van der Waals surface area contributed by atoms with Crippen molar-refractivity contribution >= 4 is 34.3 Å². The lowest BCUT2D eigenvalue weighted by molar-refractivity contribution is 0.181. The normalized spacial score (nSPS) is 16.9. The Bertz CT molecular complexity index is 1050. The first kappa shape index (κ1) is 16.8. The number of benzene rings is 1. The summed E-state index contributed by atoms with van der Waals surface area (Å²) < 4.78 is 10.6. The summed E-state index contributed by atoms with van der Waals surface area (Å²) in [6.07, 6.45) is 4.82. The Morgan fingerprint density at radius 3 is 2.93 bits per heavy atom. The number of anilines is 3. The molecule has 2 aliphatic rings. The van der Waals surface area contributed by atoms with Gasteiger partial charge in [-0.1, -0.05) is 6.42 Å². The molecule has 1 aromatic carbocycles. The number of cyclic esters (lactones) is 1. The maximum absolute atomic E-state index is 11.8. The minimum absolute atomic E-state index is 0.345. The van der Waals surface area contributed by atoms with Gasteiger partial charge in [-0.3, -0.25) is 10.00 Å². The Labute approximate surface area is 161 Å². The number of methoxy groups -OCH3 is 1. The number of aromatic amines is 1.